The second-order valence-corrected chi connectivity index (χ2v) is 4.57. The molecule has 1 aromatic carbocycles. The van der Waals surface area contributed by atoms with Crippen LogP contribution in [0.15, 0.2) is 18.2 Å². The second-order valence-electron chi connectivity index (χ2n) is 4.26. The normalized spacial score (nSPS) is 15.3. The highest BCUT2D eigenvalue weighted by atomic mass is 35.5. The van der Waals surface area contributed by atoms with Crippen molar-refractivity contribution in [3.8, 4) is 0 Å². The molecule has 6 heteroatoms. The van der Waals surface area contributed by atoms with Gasteiger partial charge in [0.25, 0.3) is 0 Å². The zero-order chi connectivity index (χ0) is 13.9. The van der Waals surface area contributed by atoms with Crippen molar-refractivity contribution in [2.75, 3.05) is 11.2 Å². The average Bonchev–Trinajstić information content (AvgIpc) is 2.29. The highest BCUT2D eigenvalue weighted by Gasteiger charge is 2.31. The molecule has 0 aliphatic rings. The number of rotatable bonds is 4. The van der Waals surface area contributed by atoms with Crippen molar-refractivity contribution in [2.24, 2.45) is 5.92 Å². The van der Waals surface area contributed by atoms with E-state index in [1.807, 2.05) is 6.92 Å². The first-order chi connectivity index (χ1) is 8.25. The quantitative estimate of drug-likeness (QED) is 0.633. The molecule has 1 N–H and O–H groups in total. The molecule has 2 atom stereocenters. The first-order valence-corrected chi connectivity index (χ1v) is 5.98. The molecule has 0 heterocycles. The van der Waals surface area contributed by atoms with Crippen molar-refractivity contribution in [3.63, 3.8) is 0 Å². The Labute approximate surface area is 108 Å². The number of halogens is 5. The van der Waals surface area contributed by atoms with E-state index in [1.54, 1.807) is 6.92 Å². The van der Waals surface area contributed by atoms with Gasteiger partial charge in [-0.3, -0.25) is 0 Å². The molecule has 18 heavy (non-hydrogen) atoms. The molecule has 1 aromatic rings. The number of hydrogen-bond acceptors (Lipinski definition) is 1. The predicted octanol–water partition coefficient (Wildman–Crippen LogP) is 4.52. The van der Waals surface area contributed by atoms with Crippen LogP contribution in [0.5, 0.6) is 0 Å². The van der Waals surface area contributed by atoms with Gasteiger partial charge in [-0.15, -0.1) is 11.6 Å². The van der Waals surface area contributed by atoms with Gasteiger partial charge in [0, 0.05) is 11.9 Å². The summed E-state index contributed by atoms with van der Waals surface area (Å²) in [4.78, 5) is 0. The van der Waals surface area contributed by atoms with Gasteiger partial charge in [0.2, 0.25) is 0 Å². The predicted molar refractivity (Wildman–Crippen MR) is 64.4 cm³/mol. The molecule has 0 aromatic heterocycles. The summed E-state index contributed by atoms with van der Waals surface area (Å²) in [5, 5.41) is 2.81. The lowest BCUT2D eigenvalue weighted by atomic mass is 10.1. The van der Waals surface area contributed by atoms with Crippen LogP contribution in [0.2, 0.25) is 0 Å². The highest BCUT2D eigenvalue weighted by Crippen LogP contribution is 2.31. The SMILES string of the molecule is CC(CCl)C(C)Nc1ccc(C(F)(F)F)cc1F. The monoisotopic (exact) mass is 283 g/mol. The summed E-state index contributed by atoms with van der Waals surface area (Å²) in [6.45, 7) is 3.66. The van der Waals surface area contributed by atoms with Crippen LogP contribution in [0.25, 0.3) is 0 Å². The molecule has 0 aliphatic carbocycles. The fourth-order valence-corrected chi connectivity index (χ4v) is 1.60. The molecular weight excluding hydrogens is 270 g/mol. The average molecular weight is 284 g/mol. The van der Waals surface area contributed by atoms with E-state index < -0.39 is 17.6 Å². The fourth-order valence-electron chi connectivity index (χ4n) is 1.33. The molecule has 0 radical (unpaired) electrons. The van der Waals surface area contributed by atoms with E-state index in [-0.39, 0.29) is 17.6 Å². The summed E-state index contributed by atoms with van der Waals surface area (Å²) in [7, 11) is 0. The van der Waals surface area contributed by atoms with Crippen LogP contribution < -0.4 is 5.32 Å². The van der Waals surface area contributed by atoms with Gasteiger partial charge >= 0.3 is 6.18 Å². The van der Waals surface area contributed by atoms with Gasteiger partial charge in [-0.25, -0.2) is 4.39 Å². The minimum Gasteiger partial charge on any atom is -0.380 e. The lowest BCUT2D eigenvalue weighted by Gasteiger charge is -2.21. The molecule has 2 unspecified atom stereocenters. The van der Waals surface area contributed by atoms with Crippen molar-refractivity contribution in [2.45, 2.75) is 26.1 Å². The molecule has 0 bridgehead atoms. The second kappa shape index (κ2) is 5.78. The minimum absolute atomic E-state index is 0.0486. The topological polar surface area (TPSA) is 12.0 Å². The lowest BCUT2D eigenvalue weighted by Crippen LogP contribution is -2.25. The van der Waals surface area contributed by atoms with Gasteiger partial charge < -0.3 is 5.32 Å². The minimum atomic E-state index is -4.53. The summed E-state index contributed by atoms with van der Waals surface area (Å²) in [5.74, 6) is -0.456. The van der Waals surface area contributed by atoms with Crippen LogP contribution in [0.1, 0.15) is 19.4 Å². The van der Waals surface area contributed by atoms with E-state index in [4.69, 9.17) is 11.6 Å². The zero-order valence-corrected chi connectivity index (χ0v) is 10.7. The van der Waals surface area contributed by atoms with E-state index >= 15 is 0 Å². The number of alkyl halides is 4. The largest absolute Gasteiger partial charge is 0.416 e. The summed E-state index contributed by atoms with van der Waals surface area (Å²) < 4.78 is 50.5. The standard InChI is InChI=1S/C12H14ClF4N/c1-7(6-13)8(2)18-11-4-3-9(5-10(11)14)12(15,16)17/h3-5,7-8,18H,6H2,1-2H3. The van der Waals surface area contributed by atoms with E-state index in [0.717, 1.165) is 12.1 Å². The number of anilines is 1. The Morgan fingerprint density at radius 3 is 2.33 bits per heavy atom. The molecule has 0 saturated carbocycles. The molecule has 1 rings (SSSR count). The summed E-state index contributed by atoms with van der Waals surface area (Å²) in [5.41, 5.74) is -0.948. The first-order valence-electron chi connectivity index (χ1n) is 5.45. The Morgan fingerprint density at radius 2 is 1.89 bits per heavy atom. The molecule has 0 saturated heterocycles. The Morgan fingerprint density at radius 1 is 1.28 bits per heavy atom. The summed E-state index contributed by atoms with van der Waals surface area (Å²) in [6, 6.07) is 2.30. The lowest BCUT2D eigenvalue weighted by molar-refractivity contribution is -0.137. The Hall–Kier alpha value is -0.970. The number of hydrogen-bond donors (Lipinski definition) is 1. The van der Waals surface area contributed by atoms with Crippen molar-refractivity contribution < 1.29 is 17.6 Å². The highest BCUT2D eigenvalue weighted by molar-refractivity contribution is 6.18. The van der Waals surface area contributed by atoms with Crippen molar-refractivity contribution in [3.05, 3.63) is 29.6 Å². The van der Waals surface area contributed by atoms with Crippen LogP contribution in [0.4, 0.5) is 23.2 Å². The summed E-state index contributed by atoms with van der Waals surface area (Å²) >= 11 is 5.66. The van der Waals surface area contributed by atoms with Crippen molar-refractivity contribution in [1.29, 1.82) is 0 Å². The third-order valence-electron chi connectivity index (χ3n) is 2.78. The van der Waals surface area contributed by atoms with E-state index in [9.17, 15) is 17.6 Å². The molecule has 0 amide bonds. The number of nitrogens with one attached hydrogen (secondary N) is 1. The van der Waals surface area contributed by atoms with Gasteiger partial charge in [0.05, 0.1) is 11.3 Å². The maximum atomic E-state index is 13.5. The third kappa shape index (κ3) is 3.77. The van der Waals surface area contributed by atoms with Crippen LogP contribution in [-0.4, -0.2) is 11.9 Å². The third-order valence-corrected chi connectivity index (χ3v) is 3.26. The maximum absolute atomic E-state index is 13.5. The smallest absolute Gasteiger partial charge is 0.380 e. The van der Waals surface area contributed by atoms with Crippen molar-refractivity contribution >= 4 is 17.3 Å². The molecule has 0 spiro atoms. The molecule has 0 aliphatic heterocycles. The Bertz CT molecular complexity index is 406. The first kappa shape index (κ1) is 15.1. The van der Waals surface area contributed by atoms with Gasteiger partial charge in [-0.1, -0.05) is 6.92 Å². The van der Waals surface area contributed by atoms with Crippen LogP contribution in [0.3, 0.4) is 0 Å². The van der Waals surface area contributed by atoms with Gasteiger partial charge in [0.1, 0.15) is 5.82 Å². The molecule has 1 nitrogen and oxygen atoms in total. The molecular formula is C12H14ClF4N. The van der Waals surface area contributed by atoms with E-state index in [1.165, 1.54) is 0 Å². The number of benzene rings is 1. The van der Waals surface area contributed by atoms with Gasteiger partial charge in [-0.05, 0) is 31.0 Å². The van der Waals surface area contributed by atoms with E-state index in [0.29, 0.717) is 11.9 Å². The van der Waals surface area contributed by atoms with Crippen molar-refractivity contribution in [1.82, 2.24) is 0 Å². The zero-order valence-electron chi connectivity index (χ0n) is 9.98. The Balaban J connectivity index is 2.87. The van der Waals surface area contributed by atoms with E-state index in [2.05, 4.69) is 5.32 Å². The molecule has 102 valence electrons. The van der Waals surface area contributed by atoms with Crippen LogP contribution in [0, 0.1) is 11.7 Å². The summed E-state index contributed by atoms with van der Waals surface area (Å²) in [6.07, 6.45) is -4.53. The van der Waals surface area contributed by atoms with Crippen LogP contribution in [-0.2, 0) is 6.18 Å². The van der Waals surface area contributed by atoms with Gasteiger partial charge in [0.15, 0.2) is 0 Å². The maximum Gasteiger partial charge on any atom is 0.416 e. The van der Waals surface area contributed by atoms with Crippen LogP contribution >= 0.6 is 11.6 Å². The molecule has 0 fully saturated rings. The Kier molecular flexibility index (Phi) is 4.85. The fraction of sp³-hybridized carbons (Fsp3) is 0.500. The van der Waals surface area contributed by atoms with Gasteiger partial charge in [-0.2, -0.15) is 13.2 Å².